The number of nitrogens with two attached hydrogens (primary N) is 1. The molecule has 2 amide bonds. The molecule has 0 saturated carbocycles. The average molecular weight is 417 g/mol. The molecule has 2 aromatic carbocycles. The van der Waals surface area contributed by atoms with E-state index in [0.717, 1.165) is 0 Å². The van der Waals surface area contributed by atoms with Gasteiger partial charge in [0.05, 0.1) is 5.75 Å². The monoisotopic (exact) mass is 417 g/mol. The Morgan fingerprint density at radius 1 is 0.897 bits per heavy atom. The summed E-state index contributed by atoms with van der Waals surface area (Å²) in [4.78, 5) is 25.4. The molecule has 1 fully saturated rings. The van der Waals surface area contributed by atoms with E-state index in [9.17, 15) is 18.0 Å². The fourth-order valence-corrected chi connectivity index (χ4v) is 4.11. The maximum atomic E-state index is 12.7. The molecule has 0 radical (unpaired) electrons. The molecule has 8 nitrogen and oxygen atoms in total. The molecule has 0 atom stereocenters. The fraction of sp³-hybridized carbons (Fsp3) is 0.300. The SMILES string of the molecule is CCS(=O)(=O)N1CCN(C(=O)c2ccc(Oc3ccc(C(N)=O)cc3)cc2)CC1. The highest BCUT2D eigenvalue weighted by atomic mass is 32.2. The first-order valence-corrected chi connectivity index (χ1v) is 10.9. The number of carbonyl (C=O) groups is 2. The normalized spacial score (nSPS) is 15.1. The van der Waals surface area contributed by atoms with E-state index in [0.29, 0.717) is 48.8 Å². The smallest absolute Gasteiger partial charge is 0.253 e. The molecule has 1 saturated heterocycles. The van der Waals surface area contributed by atoms with E-state index in [2.05, 4.69) is 0 Å². The topological polar surface area (TPSA) is 110 Å². The summed E-state index contributed by atoms with van der Waals surface area (Å²) in [5.41, 5.74) is 6.11. The van der Waals surface area contributed by atoms with E-state index in [1.54, 1.807) is 60.4 Å². The number of hydrogen-bond donors (Lipinski definition) is 1. The molecule has 0 aliphatic carbocycles. The van der Waals surface area contributed by atoms with Gasteiger partial charge in [-0.05, 0) is 55.5 Å². The fourth-order valence-electron chi connectivity index (χ4n) is 3.02. The summed E-state index contributed by atoms with van der Waals surface area (Å²) in [5, 5.41) is 0. The van der Waals surface area contributed by atoms with Crippen molar-refractivity contribution in [1.82, 2.24) is 9.21 Å². The first-order valence-electron chi connectivity index (χ1n) is 9.25. The molecule has 1 aliphatic rings. The van der Waals surface area contributed by atoms with Crippen LogP contribution in [0.3, 0.4) is 0 Å². The Morgan fingerprint density at radius 2 is 1.38 bits per heavy atom. The van der Waals surface area contributed by atoms with Crippen LogP contribution in [0.2, 0.25) is 0 Å². The van der Waals surface area contributed by atoms with Crippen LogP contribution < -0.4 is 10.5 Å². The zero-order valence-electron chi connectivity index (χ0n) is 16.1. The van der Waals surface area contributed by atoms with Gasteiger partial charge in [-0.25, -0.2) is 8.42 Å². The first kappa shape index (κ1) is 20.8. The minimum Gasteiger partial charge on any atom is -0.457 e. The van der Waals surface area contributed by atoms with E-state index in [1.165, 1.54) is 4.31 Å². The number of amides is 2. The van der Waals surface area contributed by atoms with Gasteiger partial charge in [0.15, 0.2) is 0 Å². The number of primary amides is 1. The predicted octanol–water partition coefficient (Wildman–Crippen LogP) is 1.69. The standard InChI is InChI=1S/C20H23N3O5S/c1-2-29(26,27)23-13-11-22(12-14-23)20(25)16-5-9-18(10-6-16)28-17-7-3-15(4-8-17)19(21)24/h3-10H,2,11-14H2,1H3,(H2,21,24). The van der Waals surface area contributed by atoms with Crippen LogP contribution in [0.15, 0.2) is 48.5 Å². The molecule has 29 heavy (non-hydrogen) atoms. The van der Waals surface area contributed by atoms with Gasteiger partial charge in [-0.2, -0.15) is 4.31 Å². The molecule has 0 spiro atoms. The van der Waals surface area contributed by atoms with Gasteiger partial charge in [0, 0.05) is 37.3 Å². The maximum absolute atomic E-state index is 12.7. The molecule has 2 aromatic rings. The number of hydrogen-bond acceptors (Lipinski definition) is 5. The molecule has 0 aromatic heterocycles. The largest absolute Gasteiger partial charge is 0.457 e. The van der Waals surface area contributed by atoms with Crippen LogP contribution in [0.4, 0.5) is 0 Å². The summed E-state index contributed by atoms with van der Waals surface area (Å²) in [6, 6.07) is 13.2. The molecule has 3 rings (SSSR count). The third-order valence-corrected chi connectivity index (χ3v) is 6.64. The molecule has 1 heterocycles. The van der Waals surface area contributed by atoms with Crippen molar-refractivity contribution in [3.05, 3.63) is 59.7 Å². The minimum absolute atomic E-state index is 0.0632. The molecule has 0 unspecified atom stereocenters. The van der Waals surface area contributed by atoms with E-state index < -0.39 is 15.9 Å². The van der Waals surface area contributed by atoms with Crippen LogP contribution in [0.25, 0.3) is 0 Å². The van der Waals surface area contributed by atoms with Crippen LogP contribution in [0.5, 0.6) is 11.5 Å². The molecule has 0 bridgehead atoms. The Balaban J connectivity index is 1.60. The van der Waals surface area contributed by atoms with Gasteiger partial charge < -0.3 is 15.4 Å². The number of ether oxygens (including phenoxy) is 1. The van der Waals surface area contributed by atoms with Gasteiger partial charge in [0.25, 0.3) is 5.91 Å². The molecule has 9 heteroatoms. The quantitative estimate of drug-likeness (QED) is 0.769. The van der Waals surface area contributed by atoms with E-state index in [-0.39, 0.29) is 11.7 Å². The molecule has 1 aliphatic heterocycles. The Morgan fingerprint density at radius 3 is 1.83 bits per heavy atom. The lowest BCUT2D eigenvalue weighted by Crippen LogP contribution is -2.50. The van der Waals surface area contributed by atoms with Crippen molar-refractivity contribution in [2.75, 3.05) is 31.9 Å². The van der Waals surface area contributed by atoms with E-state index >= 15 is 0 Å². The first-order chi connectivity index (χ1) is 13.8. The molecular weight excluding hydrogens is 394 g/mol. The van der Waals surface area contributed by atoms with Crippen LogP contribution >= 0.6 is 0 Å². The number of nitrogens with zero attached hydrogens (tertiary/aromatic N) is 2. The Kier molecular flexibility index (Phi) is 6.19. The van der Waals surface area contributed by atoms with Gasteiger partial charge in [-0.15, -0.1) is 0 Å². The summed E-state index contributed by atoms with van der Waals surface area (Å²) < 4.78 is 31.0. The van der Waals surface area contributed by atoms with Crippen molar-refractivity contribution in [3.63, 3.8) is 0 Å². The number of sulfonamides is 1. The van der Waals surface area contributed by atoms with Gasteiger partial charge in [-0.1, -0.05) is 0 Å². The summed E-state index contributed by atoms with van der Waals surface area (Å²) in [5.74, 6) is 0.506. The second-order valence-electron chi connectivity index (χ2n) is 6.61. The highest BCUT2D eigenvalue weighted by Gasteiger charge is 2.28. The highest BCUT2D eigenvalue weighted by Crippen LogP contribution is 2.23. The third kappa shape index (κ3) is 4.93. The van der Waals surface area contributed by atoms with Crippen molar-refractivity contribution in [2.45, 2.75) is 6.92 Å². The van der Waals surface area contributed by atoms with Crippen LogP contribution in [0.1, 0.15) is 27.6 Å². The summed E-state index contributed by atoms with van der Waals surface area (Å²) >= 11 is 0. The van der Waals surface area contributed by atoms with Crippen molar-refractivity contribution < 1.29 is 22.7 Å². The zero-order valence-corrected chi connectivity index (χ0v) is 16.9. The van der Waals surface area contributed by atoms with Crippen LogP contribution in [-0.4, -0.2) is 61.4 Å². The van der Waals surface area contributed by atoms with Crippen molar-refractivity contribution in [1.29, 1.82) is 0 Å². The van der Waals surface area contributed by atoms with Gasteiger partial charge in [0.1, 0.15) is 11.5 Å². The molecule has 2 N–H and O–H groups in total. The maximum Gasteiger partial charge on any atom is 0.253 e. The minimum atomic E-state index is -3.22. The Bertz CT molecular complexity index is 980. The summed E-state index contributed by atoms with van der Waals surface area (Å²) in [7, 11) is -3.22. The van der Waals surface area contributed by atoms with E-state index in [1.807, 2.05) is 0 Å². The second kappa shape index (κ2) is 8.62. The lowest BCUT2D eigenvalue weighted by Gasteiger charge is -2.33. The third-order valence-electron chi connectivity index (χ3n) is 4.76. The van der Waals surface area contributed by atoms with E-state index in [4.69, 9.17) is 10.5 Å². The van der Waals surface area contributed by atoms with Gasteiger partial charge in [0.2, 0.25) is 15.9 Å². The lowest BCUT2D eigenvalue weighted by molar-refractivity contribution is 0.0698. The highest BCUT2D eigenvalue weighted by molar-refractivity contribution is 7.89. The van der Waals surface area contributed by atoms with Crippen molar-refractivity contribution in [3.8, 4) is 11.5 Å². The van der Waals surface area contributed by atoms with Crippen molar-refractivity contribution in [2.24, 2.45) is 5.73 Å². The number of piperazine rings is 1. The average Bonchev–Trinajstić information content (AvgIpc) is 2.74. The lowest BCUT2D eigenvalue weighted by atomic mass is 10.1. The van der Waals surface area contributed by atoms with Crippen LogP contribution in [0, 0.1) is 0 Å². The molecular formula is C20H23N3O5S. The van der Waals surface area contributed by atoms with Crippen LogP contribution in [-0.2, 0) is 10.0 Å². The zero-order chi connectivity index (χ0) is 21.0. The second-order valence-corrected chi connectivity index (χ2v) is 8.86. The molecule has 154 valence electrons. The van der Waals surface area contributed by atoms with Crippen molar-refractivity contribution >= 4 is 21.8 Å². The summed E-state index contributed by atoms with van der Waals surface area (Å²) in [6.45, 7) is 2.96. The number of carbonyl (C=O) groups excluding carboxylic acids is 2. The predicted molar refractivity (Wildman–Crippen MR) is 108 cm³/mol. The van der Waals surface area contributed by atoms with Gasteiger partial charge in [-0.3, -0.25) is 9.59 Å². The summed E-state index contributed by atoms with van der Waals surface area (Å²) in [6.07, 6.45) is 0. The number of benzene rings is 2. The number of rotatable bonds is 6. The Labute approximate surface area is 169 Å². The Hall–Kier alpha value is -2.91. The van der Waals surface area contributed by atoms with Gasteiger partial charge >= 0.3 is 0 Å².